The number of nitrogens with one attached hydrogen (secondary N) is 2. The van der Waals surface area contributed by atoms with Crippen molar-refractivity contribution in [3.05, 3.63) is 76.3 Å². The molecule has 2 N–H and O–H groups in total. The number of halogens is 2. The highest BCUT2D eigenvalue weighted by Gasteiger charge is 2.18. The second kappa shape index (κ2) is 9.73. The molecule has 8 nitrogen and oxygen atoms in total. The fourth-order valence-corrected chi connectivity index (χ4v) is 3.04. The van der Waals surface area contributed by atoms with Crippen molar-refractivity contribution in [2.45, 2.75) is 6.61 Å². The number of carbonyl (C=O) groups is 1. The van der Waals surface area contributed by atoms with Gasteiger partial charge in [0.15, 0.2) is 0 Å². The molecule has 0 fully saturated rings. The zero-order valence-corrected chi connectivity index (χ0v) is 17.1. The van der Waals surface area contributed by atoms with Crippen LogP contribution in [0.3, 0.4) is 0 Å². The van der Waals surface area contributed by atoms with Crippen LogP contribution in [0.25, 0.3) is 11.1 Å². The standard InChI is InChI=1S/C22H19F2N3O5/c1-25-18-9-5-14(11-19(18)27(29)30)21(28)26-15-6-10-20(32-22(23)24)17(12-15)13-3-7-16(31-2)8-4-13/h3-12,22,25H,1-2H3,(H,26,28). The lowest BCUT2D eigenvalue weighted by Crippen LogP contribution is -2.13. The number of ether oxygens (including phenoxy) is 2. The predicted molar refractivity (Wildman–Crippen MR) is 116 cm³/mol. The van der Waals surface area contributed by atoms with Gasteiger partial charge in [0.05, 0.1) is 12.0 Å². The molecule has 0 aliphatic heterocycles. The number of nitro groups is 1. The van der Waals surface area contributed by atoms with Gasteiger partial charge in [0.1, 0.15) is 17.2 Å². The van der Waals surface area contributed by atoms with Crippen molar-refractivity contribution in [3.63, 3.8) is 0 Å². The Bertz CT molecular complexity index is 1140. The lowest BCUT2D eigenvalue weighted by atomic mass is 10.0. The molecule has 0 spiro atoms. The van der Waals surface area contributed by atoms with Gasteiger partial charge in [-0.05, 0) is 48.0 Å². The van der Waals surface area contributed by atoms with Crippen LogP contribution in [0.15, 0.2) is 60.7 Å². The van der Waals surface area contributed by atoms with Crippen molar-refractivity contribution in [1.82, 2.24) is 0 Å². The van der Waals surface area contributed by atoms with Crippen LogP contribution in [0.4, 0.5) is 25.8 Å². The first kappa shape index (κ1) is 22.5. The van der Waals surface area contributed by atoms with Crippen LogP contribution >= 0.6 is 0 Å². The SMILES string of the molecule is CNc1ccc(C(=O)Nc2ccc(OC(F)F)c(-c3ccc(OC)cc3)c2)cc1[N+](=O)[O-]. The number of carbonyl (C=O) groups excluding carboxylic acids is 1. The van der Waals surface area contributed by atoms with E-state index in [1.807, 2.05) is 0 Å². The third-order valence-corrected chi connectivity index (χ3v) is 4.58. The van der Waals surface area contributed by atoms with Crippen molar-refractivity contribution in [2.24, 2.45) is 0 Å². The number of methoxy groups -OCH3 is 1. The van der Waals surface area contributed by atoms with Gasteiger partial charge in [0.25, 0.3) is 11.6 Å². The molecule has 166 valence electrons. The Balaban J connectivity index is 1.93. The van der Waals surface area contributed by atoms with E-state index in [0.29, 0.717) is 22.6 Å². The summed E-state index contributed by atoms with van der Waals surface area (Å²) in [5.41, 5.74) is 1.26. The third-order valence-electron chi connectivity index (χ3n) is 4.58. The minimum Gasteiger partial charge on any atom is -0.497 e. The van der Waals surface area contributed by atoms with Gasteiger partial charge < -0.3 is 20.1 Å². The van der Waals surface area contributed by atoms with Crippen LogP contribution in [0.5, 0.6) is 11.5 Å². The van der Waals surface area contributed by atoms with E-state index in [1.165, 1.54) is 44.5 Å². The number of anilines is 2. The number of alkyl halides is 2. The molecular formula is C22H19F2N3O5. The van der Waals surface area contributed by atoms with E-state index in [1.54, 1.807) is 24.3 Å². The first-order valence-electron chi connectivity index (χ1n) is 9.33. The van der Waals surface area contributed by atoms with Gasteiger partial charge in [-0.2, -0.15) is 8.78 Å². The van der Waals surface area contributed by atoms with Gasteiger partial charge in [-0.25, -0.2) is 0 Å². The van der Waals surface area contributed by atoms with Crippen molar-refractivity contribution in [3.8, 4) is 22.6 Å². The zero-order chi connectivity index (χ0) is 23.3. The Morgan fingerprint density at radius 2 is 1.78 bits per heavy atom. The summed E-state index contributed by atoms with van der Waals surface area (Å²) < 4.78 is 35.4. The van der Waals surface area contributed by atoms with Crippen molar-refractivity contribution >= 4 is 23.0 Å². The molecule has 0 aliphatic carbocycles. The fourth-order valence-electron chi connectivity index (χ4n) is 3.04. The first-order valence-corrected chi connectivity index (χ1v) is 9.33. The van der Waals surface area contributed by atoms with Crippen LogP contribution in [0.1, 0.15) is 10.4 Å². The third kappa shape index (κ3) is 5.09. The Morgan fingerprint density at radius 3 is 2.38 bits per heavy atom. The van der Waals surface area contributed by atoms with Gasteiger partial charge in [-0.3, -0.25) is 14.9 Å². The second-order valence-electron chi connectivity index (χ2n) is 6.51. The molecule has 0 saturated heterocycles. The molecule has 0 unspecified atom stereocenters. The maximum absolute atomic E-state index is 12.9. The fraction of sp³-hybridized carbons (Fsp3) is 0.136. The number of nitro benzene ring substituents is 1. The number of benzene rings is 3. The normalized spacial score (nSPS) is 10.5. The number of nitrogens with zero attached hydrogens (tertiary/aromatic N) is 1. The highest BCUT2D eigenvalue weighted by atomic mass is 19.3. The molecule has 3 rings (SSSR count). The Morgan fingerprint density at radius 1 is 1.06 bits per heavy atom. The van der Waals surface area contributed by atoms with Crippen LogP contribution in [-0.2, 0) is 0 Å². The van der Waals surface area contributed by atoms with Crippen molar-refractivity contribution in [1.29, 1.82) is 0 Å². The highest BCUT2D eigenvalue weighted by molar-refractivity contribution is 6.05. The van der Waals surface area contributed by atoms with Crippen LogP contribution in [0.2, 0.25) is 0 Å². The number of rotatable bonds is 8. The zero-order valence-electron chi connectivity index (χ0n) is 17.1. The van der Waals surface area contributed by atoms with E-state index in [9.17, 15) is 23.7 Å². The summed E-state index contributed by atoms with van der Waals surface area (Å²) >= 11 is 0. The first-order chi connectivity index (χ1) is 15.3. The monoisotopic (exact) mass is 443 g/mol. The second-order valence-corrected chi connectivity index (χ2v) is 6.51. The molecule has 0 radical (unpaired) electrons. The van der Waals surface area contributed by atoms with Gasteiger partial charge in [0.2, 0.25) is 0 Å². The van der Waals surface area contributed by atoms with E-state index < -0.39 is 17.4 Å². The molecular weight excluding hydrogens is 424 g/mol. The molecule has 0 bridgehead atoms. The van der Waals surface area contributed by atoms with Gasteiger partial charge >= 0.3 is 6.61 Å². The molecule has 3 aromatic rings. The van der Waals surface area contributed by atoms with Gasteiger partial charge in [-0.1, -0.05) is 12.1 Å². The highest BCUT2D eigenvalue weighted by Crippen LogP contribution is 2.35. The Hall–Kier alpha value is -4.21. The van der Waals surface area contributed by atoms with Crippen LogP contribution in [-0.4, -0.2) is 31.6 Å². The maximum Gasteiger partial charge on any atom is 0.387 e. The van der Waals surface area contributed by atoms with E-state index in [0.717, 1.165) is 6.07 Å². The van der Waals surface area contributed by atoms with Crippen LogP contribution in [0, 0.1) is 10.1 Å². The molecule has 0 aliphatic rings. The summed E-state index contributed by atoms with van der Waals surface area (Å²) in [6.45, 7) is -3.03. The molecule has 0 aromatic heterocycles. The Kier molecular flexibility index (Phi) is 6.83. The number of hydrogen-bond donors (Lipinski definition) is 2. The summed E-state index contributed by atoms with van der Waals surface area (Å²) in [7, 11) is 3.04. The summed E-state index contributed by atoms with van der Waals surface area (Å²) in [5, 5.41) is 16.6. The van der Waals surface area contributed by atoms with E-state index >= 15 is 0 Å². The topological polar surface area (TPSA) is 103 Å². The van der Waals surface area contributed by atoms with E-state index in [2.05, 4.69) is 15.4 Å². The number of hydrogen-bond acceptors (Lipinski definition) is 6. The minimum atomic E-state index is -3.03. The molecule has 1 amide bonds. The van der Waals surface area contributed by atoms with E-state index in [-0.39, 0.29) is 22.7 Å². The molecule has 3 aromatic carbocycles. The molecule has 0 saturated carbocycles. The summed E-state index contributed by atoms with van der Waals surface area (Å²) in [4.78, 5) is 23.3. The largest absolute Gasteiger partial charge is 0.497 e. The molecule has 32 heavy (non-hydrogen) atoms. The lowest BCUT2D eigenvalue weighted by molar-refractivity contribution is -0.384. The Labute approximate surface area is 181 Å². The average molecular weight is 443 g/mol. The summed E-state index contributed by atoms with van der Waals surface area (Å²) in [6, 6.07) is 14.9. The van der Waals surface area contributed by atoms with Gasteiger partial charge in [0, 0.05) is 29.9 Å². The van der Waals surface area contributed by atoms with E-state index in [4.69, 9.17) is 4.74 Å². The maximum atomic E-state index is 12.9. The van der Waals surface area contributed by atoms with Crippen molar-refractivity contribution < 1.29 is 28.0 Å². The lowest BCUT2D eigenvalue weighted by Gasteiger charge is -2.14. The quantitative estimate of drug-likeness (QED) is 0.368. The number of amides is 1. The predicted octanol–water partition coefficient (Wildman–Crippen LogP) is 5.17. The molecule has 0 atom stereocenters. The van der Waals surface area contributed by atoms with Crippen molar-refractivity contribution in [2.75, 3.05) is 24.8 Å². The average Bonchev–Trinajstić information content (AvgIpc) is 2.79. The smallest absolute Gasteiger partial charge is 0.387 e. The molecule has 0 heterocycles. The molecule has 10 heteroatoms. The summed E-state index contributed by atoms with van der Waals surface area (Å²) in [5.74, 6) is -0.0858. The summed E-state index contributed by atoms with van der Waals surface area (Å²) in [6.07, 6.45) is 0. The minimum absolute atomic E-state index is 0.0644. The van der Waals surface area contributed by atoms with Crippen LogP contribution < -0.4 is 20.1 Å². The van der Waals surface area contributed by atoms with Gasteiger partial charge in [-0.15, -0.1) is 0 Å².